The van der Waals surface area contributed by atoms with Gasteiger partial charge in [-0.3, -0.25) is 9.69 Å². The van der Waals surface area contributed by atoms with Gasteiger partial charge in [0.25, 0.3) is 5.91 Å². The average Bonchev–Trinajstić information content (AvgIpc) is 2.93. The summed E-state index contributed by atoms with van der Waals surface area (Å²) < 4.78 is 5.70. The van der Waals surface area contributed by atoms with Crippen LogP contribution in [0.2, 0.25) is 0 Å². The minimum absolute atomic E-state index is 0.0524. The molecule has 2 N–H and O–H groups in total. The third-order valence-electron chi connectivity index (χ3n) is 7.62. The van der Waals surface area contributed by atoms with Crippen molar-refractivity contribution in [3.63, 3.8) is 0 Å². The molecule has 4 rings (SSSR count). The van der Waals surface area contributed by atoms with Crippen LogP contribution in [0.1, 0.15) is 68.6 Å². The van der Waals surface area contributed by atoms with Crippen LogP contribution in [-0.4, -0.2) is 41.8 Å². The maximum Gasteiger partial charge on any atom is 0.408 e. The van der Waals surface area contributed by atoms with Crippen molar-refractivity contribution < 1.29 is 14.3 Å². The number of benzene rings is 3. The second-order valence-electron chi connectivity index (χ2n) is 12.1. The first kappa shape index (κ1) is 29.3. The predicted molar refractivity (Wildman–Crippen MR) is 160 cm³/mol. The Bertz CT molecular complexity index is 1190. The lowest BCUT2D eigenvalue weighted by atomic mass is 9.76. The van der Waals surface area contributed by atoms with Gasteiger partial charge in [-0.1, -0.05) is 92.7 Å². The molecule has 0 spiro atoms. The Morgan fingerprint density at radius 2 is 1.40 bits per heavy atom. The number of ether oxygens (including phenoxy) is 1. The van der Waals surface area contributed by atoms with E-state index in [1.54, 1.807) is 0 Å². The van der Waals surface area contributed by atoms with Gasteiger partial charge >= 0.3 is 6.09 Å². The summed E-state index contributed by atoms with van der Waals surface area (Å²) >= 11 is 0. The fourth-order valence-electron chi connectivity index (χ4n) is 5.74. The quantitative estimate of drug-likeness (QED) is 0.335. The van der Waals surface area contributed by atoms with Gasteiger partial charge in [-0.25, -0.2) is 4.79 Å². The minimum atomic E-state index is -0.606. The van der Waals surface area contributed by atoms with Gasteiger partial charge in [0.15, 0.2) is 0 Å². The highest BCUT2D eigenvalue weighted by Crippen LogP contribution is 2.39. The molecular formula is C34H43N3O3. The monoisotopic (exact) mass is 541 g/mol. The fraction of sp³-hybridized carbons (Fsp3) is 0.412. The third kappa shape index (κ3) is 7.72. The van der Waals surface area contributed by atoms with Crippen molar-refractivity contribution in [3.8, 4) is 0 Å². The molecule has 1 aliphatic heterocycles. The van der Waals surface area contributed by atoms with Gasteiger partial charge < -0.3 is 15.4 Å². The lowest BCUT2D eigenvalue weighted by Gasteiger charge is -2.49. The molecule has 6 nitrogen and oxygen atoms in total. The molecule has 6 heteroatoms. The van der Waals surface area contributed by atoms with Crippen LogP contribution in [0.25, 0.3) is 0 Å². The van der Waals surface area contributed by atoms with Crippen LogP contribution in [0.3, 0.4) is 0 Å². The van der Waals surface area contributed by atoms with Crippen LogP contribution in [0.15, 0.2) is 91.0 Å². The van der Waals surface area contributed by atoms with Gasteiger partial charge in [-0.05, 0) is 68.2 Å². The van der Waals surface area contributed by atoms with E-state index in [-0.39, 0.29) is 24.0 Å². The summed E-state index contributed by atoms with van der Waals surface area (Å²) in [4.78, 5) is 28.4. The number of carbonyl (C=O) groups is 2. The summed E-state index contributed by atoms with van der Waals surface area (Å²) in [5.41, 5.74) is 2.38. The zero-order chi connectivity index (χ0) is 28.7. The summed E-state index contributed by atoms with van der Waals surface area (Å²) in [6, 6.07) is 30.2. The Kier molecular flexibility index (Phi) is 9.64. The molecular weight excluding hydrogens is 498 g/mol. The van der Waals surface area contributed by atoms with Gasteiger partial charge in [0.2, 0.25) is 0 Å². The van der Waals surface area contributed by atoms with Crippen molar-refractivity contribution in [2.45, 2.75) is 58.8 Å². The summed E-state index contributed by atoms with van der Waals surface area (Å²) in [6.45, 7) is 11.4. The second kappa shape index (κ2) is 13.1. The molecule has 0 saturated carbocycles. The zero-order valence-electron chi connectivity index (χ0n) is 24.3. The number of carbonyl (C=O) groups excluding carboxylic acids is 2. The van der Waals surface area contributed by atoms with Crippen LogP contribution in [-0.2, 0) is 4.74 Å². The molecule has 3 aromatic rings. The smallest absolute Gasteiger partial charge is 0.408 e. The normalized spacial score (nSPS) is 19.8. The van der Waals surface area contributed by atoms with Crippen LogP contribution in [0.5, 0.6) is 0 Å². The number of hydrogen-bond donors (Lipinski definition) is 2. The molecule has 2 amide bonds. The molecule has 1 fully saturated rings. The summed E-state index contributed by atoms with van der Waals surface area (Å²) in [5, 5.41) is 6.38. The largest absolute Gasteiger partial charge is 0.444 e. The van der Waals surface area contributed by atoms with E-state index < -0.39 is 11.7 Å². The molecule has 3 atom stereocenters. The number of amides is 2. The molecule has 40 heavy (non-hydrogen) atoms. The summed E-state index contributed by atoms with van der Waals surface area (Å²) in [5.74, 6) is 0.795. The average molecular weight is 542 g/mol. The van der Waals surface area contributed by atoms with Crippen molar-refractivity contribution in [1.29, 1.82) is 0 Å². The Morgan fingerprint density at radius 1 is 0.875 bits per heavy atom. The maximum atomic E-state index is 13.1. The number of alkyl carbamates (subject to hydrolysis) is 1. The SMILES string of the molecule is CC(C)C1CN(C(c2ccccc2)c2ccccc2)C(NC(=O)OC(C)(C)C)CC1CNC(=O)c1ccccc1. The fourth-order valence-corrected chi connectivity index (χ4v) is 5.74. The standard InChI is InChI=1S/C34H43N3O3/c1-24(2)29-23-37(31(25-15-9-6-10-16-25)26-17-11-7-12-18-26)30(36-33(39)40-34(3,4)5)21-28(29)22-35-32(38)27-19-13-8-14-20-27/h6-20,24,28-31H,21-23H2,1-5H3,(H,35,38)(H,36,39). The van der Waals surface area contributed by atoms with Crippen molar-refractivity contribution in [2.75, 3.05) is 13.1 Å². The van der Waals surface area contributed by atoms with Gasteiger partial charge in [0, 0.05) is 18.7 Å². The van der Waals surface area contributed by atoms with Crippen molar-refractivity contribution in [1.82, 2.24) is 15.5 Å². The van der Waals surface area contributed by atoms with E-state index in [0.717, 1.165) is 6.54 Å². The van der Waals surface area contributed by atoms with E-state index in [9.17, 15) is 9.59 Å². The lowest BCUT2D eigenvalue weighted by Crippen LogP contribution is -2.59. The summed E-state index contributed by atoms with van der Waals surface area (Å²) in [6.07, 6.45) is -0.0285. The number of hydrogen-bond acceptors (Lipinski definition) is 4. The molecule has 0 radical (unpaired) electrons. The topological polar surface area (TPSA) is 70.7 Å². The van der Waals surface area contributed by atoms with Crippen LogP contribution >= 0.6 is 0 Å². The number of rotatable bonds is 8. The van der Waals surface area contributed by atoms with E-state index in [4.69, 9.17) is 4.74 Å². The highest BCUT2D eigenvalue weighted by Gasteiger charge is 2.42. The molecule has 3 aromatic carbocycles. The maximum absolute atomic E-state index is 13.1. The van der Waals surface area contributed by atoms with Gasteiger partial charge in [0.05, 0.1) is 12.2 Å². The Balaban J connectivity index is 1.66. The first-order valence-corrected chi connectivity index (χ1v) is 14.3. The van der Waals surface area contributed by atoms with Gasteiger partial charge in [0.1, 0.15) is 5.60 Å². The molecule has 3 unspecified atom stereocenters. The molecule has 1 heterocycles. The van der Waals surface area contributed by atoms with Crippen LogP contribution in [0.4, 0.5) is 4.79 Å². The highest BCUT2D eigenvalue weighted by atomic mass is 16.6. The van der Waals surface area contributed by atoms with Crippen LogP contribution in [0, 0.1) is 17.8 Å². The molecule has 212 valence electrons. The van der Waals surface area contributed by atoms with E-state index in [2.05, 4.69) is 77.9 Å². The van der Waals surface area contributed by atoms with Crippen LogP contribution < -0.4 is 10.6 Å². The number of nitrogens with one attached hydrogen (secondary N) is 2. The minimum Gasteiger partial charge on any atom is -0.444 e. The molecule has 0 aromatic heterocycles. The first-order valence-electron chi connectivity index (χ1n) is 14.3. The van der Waals surface area contributed by atoms with Gasteiger partial charge in [-0.15, -0.1) is 0 Å². The third-order valence-corrected chi connectivity index (χ3v) is 7.62. The van der Waals surface area contributed by atoms with E-state index in [1.165, 1.54) is 11.1 Å². The predicted octanol–water partition coefficient (Wildman–Crippen LogP) is 6.65. The molecule has 0 aliphatic carbocycles. The first-order chi connectivity index (χ1) is 19.1. The number of nitrogens with zero attached hydrogens (tertiary/aromatic N) is 1. The number of piperidine rings is 1. The second-order valence-corrected chi connectivity index (χ2v) is 12.1. The Hall–Kier alpha value is -3.64. The van der Waals surface area contributed by atoms with Gasteiger partial charge in [-0.2, -0.15) is 0 Å². The zero-order valence-corrected chi connectivity index (χ0v) is 24.3. The van der Waals surface area contributed by atoms with Crippen molar-refractivity contribution in [3.05, 3.63) is 108 Å². The number of likely N-dealkylation sites (tertiary alicyclic amines) is 1. The van der Waals surface area contributed by atoms with Crippen molar-refractivity contribution >= 4 is 12.0 Å². The highest BCUT2D eigenvalue weighted by molar-refractivity contribution is 5.94. The summed E-state index contributed by atoms with van der Waals surface area (Å²) in [7, 11) is 0. The Labute approximate surface area is 239 Å². The Morgan fingerprint density at radius 3 is 1.90 bits per heavy atom. The molecule has 1 saturated heterocycles. The van der Waals surface area contributed by atoms with E-state index >= 15 is 0 Å². The van der Waals surface area contributed by atoms with Crippen molar-refractivity contribution in [2.24, 2.45) is 17.8 Å². The lowest BCUT2D eigenvalue weighted by molar-refractivity contribution is -0.00642. The van der Waals surface area contributed by atoms with E-state index in [0.29, 0.717) is 30.4 Å². The molecule has 0 bridgehead atoms. The molecule has 1 aliphatic rings. The van der Waals surface area contributed by atoms with E-state index in [1.807, 2.05) is 63.2 Å².